The van der Waals surface area contributed by atoms with Gasteiger partial charge in [0.25, 0.3) is 0 Å². The molecule has 3 aromatic rings. The Balaban J connectivity index is 2.11. The predicted octanol–water partition coefficient (Wildman–Crippen LogP) is 4.58. The van der Waals surface area contributed by atoms with Gasteiger partial charge in [-0.05, 0) is 30.2 Å². The van der Waals surface area contributed by atoms with Crippen molar-refractivity contribution in [1.29, 1.82) is 0 Å². The van der Waals surface area contributed by atoms with Crippen LogP contribution in [0.5, 0.6) is 5.75 Å². The highest BCUT2D eigenvalue weighted by atomic mass is 16.3. The van der Waals surface area contributed by atoms with Gasteiger partial charge >= 0.3 is 0 Å². The third-order valence-electron chi connectivity index (χ3n) is 3.21. The van der Waals surface area contributed by atoms with E-state index in [9.17, 15) is 5.11 Å². The second-order valence-corrected chi connectivity index (χ2v) is 5.09. The monoisotopic (exact) mass is 280 g/mol. The number of phenolic OH excluding ortho intramolecular Hbond substituents is 1. The minimum absolute atomic E-state index is 0.112. The van der Waals surface area contributed by atoms with E-state index in [0.29, 0.717) is 11.5 Å². The number of hydrogen-bond donors (Lipinski definition) is 1. The molecule has 3 rings (SSSR count). The molecule has 2 heterocycles. The Morgan fingerprint density at radius 3 is 2.57 bits per heavy atom. The second kappa shape index (κ2) is 5.36. The summed E-state index contributed by atoms with van der Waals surface area (Å²) in [5.74, 6) is 1.05. The molecule has 0 bridgehead atoms. The number of azo groups is 1. The molecule has 1 N–H and O–H groups in total. The third kappa shape index (κ3) is 2.50. The summed E-state index contributed by atoms with van der Waals surface area (Å²) in [5.41, 5.74) is 2.17. The van der Waals surface area contributed by atoms with Crippen molar-refractivity contribution in [3.63, 3.8) is 0 Å². The molecule has 0 spiro atoms. The van der Waals surface area contributed by atoms with Crippen molar-refractivity contribution < 1.29 is 5.11 Å². The Bertz CT molecular complexity index is 805. The Labute approximate surface area is 122 Å². The zero-order valence-corrected chi connectivity index (χ0v) is 11.9. The fraction of sp³-hybridized carbons (Fsp3) is 0.188. The van der Waals surface area contributed by atoms with Crippen LogP contribution in [-0.2, 0) is 0 Å². The van der Waals surface area contributed by atoms with E-state index in [1.807, 2.05) is 34.9 Å². The van der Waals surface area contributed by atoms with Gasteiger partial charge < -0.3 is 5.11 Å². The van der Waals surface area contributed by atoms with Crippen molar-refractivity contribution in [2.75, 3.05) is 0 Å². The number of fused-ring (bicyclic) bond motifs is 1. The van der Waals surface area contributed by atoms with Gasteiger partial charge in [0.2, 0.25) is 0 Å². The molecule has 0 aliphatic carbocycles. The van der Waals surface area contributed by atoms with Gasteiger partial charge in [-0.25, -0.2) is 4.98 Å². The largest absolute Gasteiger partial charge is 0.506 e. The highest BCUT2D eigenvalue weighted by Crippen LogP contribution is 2.31. The number of para-hydroxylation sites is 1. The molecule has 0 saturated heterocycles. The second-order valence-electron chi connectivity index (χ2n) is 5.09. The summed E-state index contributed by atoms with van der Waals surface area (Å²) in [5, 5.41) is 18.2. The number of rotatable bonds is 3. The van der Waals surface area contributed by atoms with Gasteiger partial charge in [0.1, 0.15) is 17.1 Å². The van der Waals surface area contributed by atoms with Crippen LogP contribution in [0.15, 0.2) is 58.9 Å². The molecule has 0 amide bonds. The highest BCUT2D eigenvalue weighted by Gasteiger charge is 2.14. The van der Waals surface area contributed by atoms with E-state index in [1.165, 1.54) is 0 Å². The molecule has 0 radical (unpaired) electrons. The van der Waals surface area contributed by atoms with Crippen LogP contribution in [0.4, 0.5) is 11.5 Å². The van der Waals surface area contributed by atoms with Gasteiger partial charge in [0, 0.05) is 6.20 Å². The number of hydrogen-bond acceptors (Lipinski definition) is 4. The first kappa shape index (κ1) is 13.3. The average Bonchev–Trinajstić information content (AvgIpc) is 2.85. The van der Waals surface area contributed by atoms with Gasteiger partial charge in [-0.3, -0.25) is 4.40 Å². The number of phenols is 1. The number of nitrogens with zero attached hydrogens (tertiary/aromatic N) is 4. The van der Waals surface area contributed by atoms with Crippen molar-refractivity contribution in [3.05, 3.63) is 54.4 Å². The zero-order valence-electron chi connectivity index (χ0n) is 11.9. The number of imidazole rings is 1. The lowest BCUT2D eigenvalue weighted by Crippen LogP contribution is -1.87. The summed E-state index contributed by atoms with van der Waals surface area (Å²) in [7, 11) is 0. The minimum atomic E-state index is 0.112. The normalized spacial score (nSPS) is 11.8. The SMILES string of the molecule is CC(C)c1nc2ccccn2c1N=Nc1ccccc1O. The molecule has 5 heteroatoms. The summed E-state index contributed by atoms with van der Waals surface area (Å²) in [6.07, 6.45) is 1.91. The summed E-state index contributed by atoms with van der Waals surface area (Å²) in [6, 6.07) is 12.7. The van der Waals surface area contributed by atoms with Crippen LogP contribution < -0.4 is 0 Å². The van der Waals surface area contributed by atoms with Gasteiger partial charge in [-0.15, -0.1) is 10.2 Å². The molecule has 0 aliphatic heterocycles. The molecule has 0 atom stereocenters. The molecule has 0 saturated carbocycles. The van der Waals surface area contributed by atoms with Crippen LogP contribution in [0.3, 0.4) is 0 Å². The number of aromatic nitrogens is 2. The van der Waals surface area contributed by atoms with Crippen LogP contribution in [-0.4, -0.2) is 14.5 Å². The molecule has 0 fully saturated rings. The van der Waals surface area contributed by atoms with Crippen molar-refractivity contribution >= 4 is 17.2 Å². The van der Waals surface area contributed by atoms with Crippen LogP contribution in [0.1, 0.15) is 25.5 Å². The quantitative estimate of drug-likeness (QED) is 0.714. The maximum Gasteiger partial charge on any atom is 0.183 e. The smallest absolute Gasteiger partial charge is 0.183 e. The van der Waals surface area contributed by atoms with Gasteiger partial charge in [-0.1, -0.05) is 32.0 Å². The van der Waals surface area contributed by atoms with Crippen molar-refractivity contribution in [3.8, 4) is 5.75 Å². The molecule has 21 heavy (non-hydrogen) atoms. The first-order valence-electron chi connectivity index (χ1n) is 6.83. The van der Waals surface area contributed by atoms with Gasteiger partial charge in [0.15, 0.2) is 5.82 Å². The Morgan fingerprint density at radius 1 is 1.05 bits per heavy atom. The first-order chi connectivity index (χ1) is 10.2. The van der Waals surface area contributed by atoms with Crippen LogP contribution in [0, 0.1) is 0 Å². The molecule has 2 aromatic heterocycles. The summed E-state index contributed by atoms with van der Waals surface area (Å²) < 4.78 is 1.90. The van der Waals surface area contributed by atoms with Crippen LogP contribution in [0.25, 0.3) is 5.65 Å². The fourth-order valence-corrected chi connectivity index (χ4v) is 2.14. The van der Waals surface area contributed by atoms with E-state index < -0.39 is 0 Å². The molecular formula is C16H16N4O. The van der Waals surface area contributed by atoms with Crippen LogP contribution in [0.2, 0.25) is 0 Å². The molecule has 106 valence electrons. The maximum atomic E-state index is 9.75. The number of pyridine rings is 1. The van der Waals surface area contributed by atoms with E-state index in [2.05, 4.69) is 29.1 Å². The maximum absolute atomic E-state index is 9.75. The van der Waals surface area contributed by atoms with E-state index >= 15 is 0 Å². The molecule has 5 nitrogen and oxygen atoms in total. The lowest BCUT2D eigenvalue weighted by atomic mass is 10.1. The van der Waals surface area contributed by atoms with Gasteiger partial charge in [-0.2, -0.15) is 0 Å². The number of benzene rings is 1. The molecular weight excluding hydrogens is 264 g/mol. The Hall–Kier alpha value is -2.69. The molecule has 0 aliphatic rings. The van der Waals surface area contributed by atoms with Crippen molar-refractivity contribution in [2.45, 2.75) is 19.8 Å². The molecule has 0 unspecified atom stereocenters. The lowest BCUT2D eigenvalue weighted by molar-refractivity contribution is 0.476. The fourth-order valence-electron chi connectivity index (χ4n) is 2.14. The molecule has 1 aromatic carbocycles. The van der Waals surface area contributed by atoms with E-state index in [4.69, 9.17) is 0 Å². The highest BCUT2D eigenvalue weighted by molar-refractivity contribution is 5.54. The number of aromatic hydroxyl groups is 1. The van der Waals surface area contributed by atoms with E-state index in [-0.39, 0.29) is 11.7 Å². The van der Waals surface area contributed by atoms with E-state index in [0.717, 1.165) is 11.3 Å². The lowest BCUT2D eigenvalue weighted by Gasteiger charge is -2.01. The van der Waals surface area contributed by atoms with Crippen molar-refractivity contribution in [2.24, 2.45) is 10.2 Å². The van der Waals surface area contributed by atoms with Crippen molar-refractivity contribution in [1.82, 2.24) is 9.38 Å². The minimum Gasteiger partial charge on any atom is -0.506 e. The third-order valence-corrected chi connectivity index (χ3v) is 3.21. The predicted molar refractivity (Wildman–Crippen MR) is 81.6 cm³/mol. The first-order valence-corrected chi connectivity index (χ1v) is 6.83. The van der Waals surface area contributed by atoms with Gasteiger partial charge in [0.05, 0.1) is 5.69 Å². The average molecular weight is 280 g/mol. The summed E-state index contributed by atoms with van der Waals surface area (Å²) >= 11 is 0. The zero-order chi connectivity index (χ0) is 14.8. The standard InChI is InChI=1S/C16H16N4O/c1-11(2)15-16(20-10-6-5-9-14(20)17-15)19-18-12-7-3-4-8-13(12)21/h3-11,21H,1-2H3. The topological polar surface area (TPSA) is 62.2 Å². The van der Waals surface area contributed by atoms with E-state index in [1.54, 1.807) is 18.2 Å². The summed E-state index contributed by atoms with van der Waals surface area (Å²) in [4.78, 5) is 4.59. The van der Waals surface area contributed by atoms with Crippen LogP contribution >= 0.6 is 0 Å². The summed E-state index contributed by atoms with van der Waals surface area (Å²) in [6.45, 7) is 4.14. The Morgan fingerprint density at radius 2 is 1.81 bits per heavy atom. The Kier molecular flexibility index (Phi) is 3.39.